The predicted octanol–water partition coefficient (Wildman–Crippen LogP) is 4.19. The Labute approximate surface area is 133 Å². The summed E-state index contributed by atoms with van der Waals surface area (Å²) in [5.41, 5.74) is 3.50. The smallest absolute Gasteiger partial charge is 0.0508 e. The zero-order valence-electron chi connectivity index (χ0n) is 11.4. The summed E-state index contributed by atoms with van der Waals surface area (Å²) in [5, 5.41) is 2.53. The SMILES string of the molecule is CCc1cc2ccccc2c(Cc2[c-]cccc2)n1.[Ir]. The van der Waals surface area contributed by atoms with Crippen molar-refractivity contribution in [3.8, 4) is 0 Å². The zero-order chi connectivity index (χ0) is 13.1. The molecule has 1 heterocycles. The third-order valence-electron chi connectivity index (χ3n) is 3.37. The molecule has 0 aliphatic rings. The van der Waals surface area contributed by atoms with Crippen molar-refractivity contribution in [2.75, 3.05) is 0 Å². The Morgan fingerprint density at radius 3 is 2.60 bits per heavy atom. The second-order valence-electron chi connectivity index (χ2n) is 4.70. The second kappa shape index (κ2) is 6.78. The fraction of sp³-hybridized carbons (Fsp3) is 0.167. The van der Waals surface area contributed by atoms with E-state index in [0.717, 1.165) is 24.2 Å². The van der Waals surface area contributed by atoms with Crippen molar-refractivity contribution >= 4 is 10.8 Å². The van der Waals surface area contributed by atoms with E-state index in [2.05, 4.69) is 55.5 Å². The van der Waals surface area contributed by atoms with Gasteiger partial charge >= 0.3 is 0 Å². The molecule has 0 aliphatic heterocycles. The molecule has 0 spiro atoms. The molecule has 2 aromatic carbocycles. The van der Waals surface area contributed by atoms with Crippen molar-refractivity contribution < 1.29 is 20.1 Å². The third kappa shape index (κ3) is 3.15. The molecule has 1 nitrogen and oxygen atoms in total. The van der Waals surface area contributed by atoms with Crippen LogP contribution in [0.25, 0.3) is 10.8 Å². The molecule has 1 radical (unpaired) electrons. The maximum atomic E-state index is 4.79. The molecule has 0 bridgehead atoms. The monoisotopic (exact) mass is 439 g/mol. The average Bonchev–Trinajstić information content (AvgIpc) is 2.48. The molecular weight excluding hydrogens is 422 g/mol. The Hall–Kier alpha value is -1.50. The van der Waals surface area contributed by atoms with Crippen molar-refractivity contribution in [3.63, 3.8) is 0 Å². The van der Waals surface area contributed by atoms with Crippen LogP contribution in [0, 0.1) is 6.07 Å². The van der Waals surface area contributed by atoms with E-state index < -0.39 is 0 Å². The van der Waals surface area contributed by atoms with Gasteiger partial charge < -0.3 is 0 Å². The van der Waals surface area contributed by atoms with Crippen LogP contribution in [0.2, 0.25) is 0 Å². The van der Waals surface area contributed by atoms with Gasteiger partial charge in [0.2, 0.25) is 0 Å². The van der Waals surface area contributed by atoms with Crippen molar-refractivity contribution in [2.24, 2.45) is 0 Å². The minimum Gasteiger partial charge on any atom is -0.257 e. The van der Waals surface area contributed by atoms with Gasteiger partial charge in [0, 0.05) is 31.2 Å². The Morgan fingerprint density at radius 1 is 1.05 bits per heavy atom. The van der Waals surface area contributed by atoms with E-state index in [1.165, 1.54) is 16.3 Å². The first-order valence-electron chi connectivity index (χ1n) is 6.70. The van der Waals surface area contributed by atoms with Gasteiger partial charge in [0.05, 0.1) is 5.69 Å². The van der Waals surface area contributed by atoms with Crippen LogP contribution in [0.15, 0.2) is 54.6 Å². The second-order valence-corrected chi connectivity index (χ2v) is 4.70. The first-order valence-corrected chi connectivity index (χ1v) is 6.70. The van der Waals surface area contributed by atoms with Crippen LogP contribution >= 0.6 is 0 Å². The molecule has 3 rings (SSSR count). The molecule has 0 aliphatic carbocycles. The first-order chi connectivity index (χ1) is 9.36. The van der Waals surface area contributed by atoms with Gasteiger partial charge in [0.15, 0.2) is 0 Å². The molecule has 0 amide bonds. The van der Waals surface area contributed by atoms with Crippen LogP contribution in [-0.2, 0) is 32.9 Å². The van der Waals surface area contributed by atoms with Crippen LogP contribution < -0.4 is 0 Å². The molecule has 0 saturated carbocycles. The maximum Gasteiger partial charge on any atom is 0.0508 e. The summed E-state index contributed by atoms with van der Waals surface area (Å²) in [4.78, 5) is 4.79. The summed E-state index contributed by atoms with van der Waals surface area (Å²) in [5.74, 6) is 0. The van der Waals surface area contributed by atoms with Gasteiger partial charge in [0.1, 0.15) is 0 Å². The van der Waals surface area contributed by atoms with E-state index in [4.69, 9.17) is 4.98 Å². The number of rotatable bonds is 3. The van der Waals surface area contributed by atoms with Gasteiger partial charge in [-0.3, -0.25) is 4.98 Å². The van der Waals surface area contributed by atoms with Gasteiger partial charge in [-0.2, -0.15) is 35.9 Å². The number of pyridine rings is 1. The standard InChI is InChI=1S/C18H16N.Ir/c1-2-16-13-15-10-6-7-11-17(15)18(19-16)12-14-8-4-3-5-9-14;/h3-8,10-11,13H,2,12H2,1H3;/q-1;. The van der Waals surface area contributed by atoms with E-state index >= 15 is 0 Å². The Morgan fingerprint density at radius 2 is 1.85 bits per heavy atom. The third-order valence-corrected chi connectivity index (χ3v) is 3.37. The quantitative estimate of drug-likeness (QED) is 0.559. The van der Waals surface area contributed by atoms with E-state index in [9.17, 15) is 0 Å². The van der Waals surface area contributed by atoms with Crippen molar-refractivity contribution in [1.82, 2.24) is 4.98 Å². The molecule has 1 aromatic heterocycles. The van der Waals surface area contributed by atoms with Gasteiger partial charge in [-0.1, -0.05) is 31.2 Å². The number of aryl methyl sites for hydroxylation is 1. The van der Waals surface area contributed by atoms with Crippen LogP contribution in [0.4, 0.5) is 0 Å². The summed E-state index contributed by atoms with van der Waals surface area (Å²) >= 11 is 0. The summed E-state index contributed by atoms with van der Waals surface area (Å²) < 4.78 is 0. The molecule has 0 unspecified atom stereocenters. The van der Waals surface area contributed by atoms with E-state index in [0.29, 0.717) is 0 Å². The molecule has 2 heteroatoms. The van der Waals surface area contributed by atoms with Crippen LogP contribution in [0.5, 0.6) is 0 Å². The fourth-order valence-electron chi connectivity index (χ4n) is 2.37. The molecule has 103 valence electrons. The minimum atomic E-state index is 0. The Kier molecular flexibility index (Phi) is 5.05. The normalized spacial score (nSPS) is 10.2. The van der Waals surface area contributed by atoms with Gasteiger partial charge in [0.25, 0.3) is 0 Å². The van der Waals surface area contributed by atoms with Gasteiger partial charge in [-0.15, -0.1) is 0 Å². The number of aromatic nitrogens is 1. The van der Waals surface area contributed by atoms with Crippen LogP contribution in [-0.4, -0.2) is 4.98 Å². The van der Waals surface area contributed by atoms with Crippen molar-refractivity contribution in [1.29, 1.82) is 0 Å². The van der Waals surface area contributed by atoms with Crippen molar-refractivity contribution in [3.05, 3.63) is 77.6 Å². The number of fused-ring (bicyclic) bond motifs is 1. The minimum absolute atomic E-state index is 0. The number of hydrogen-bond acceptors (Lipinski definition) is 1. The summed E-state index contributed by atoms with van der Waals surface area (Å²) in [6, 6.07) is 22.1. The van der Waals surface area contributed by atoms with Gasteiger partial charge in [-0.25, -0.2) is 0 Å². The fourth-order valence-corrected chi connectivity index (χ4v) is 2.37. The first kappa shape index (κ1) is 14.9. The summed E-state index contributed by atoms with van der Waals surface area (Å²) in [6.45, 7) is 2.15. The van der Waals surface area contributed by atoms with Gasteiger partial charge in [-0.05, 0) is 24.3 Å². The summed E-state index contributed by atoms with van der Waals surface area (Å²) in [6.07, 6.45) is 1.81. The molecule has 0 N–H and O–H groups in total. The van der Waals surface area contributed by atoms with E-state index in [-0.39, 0.29) is 20.1 Å². The molecule has 3 aromatic rings. The number of benzene rings is 2. The molecule has 0 atom stereocenters. The predicted molar refractivity (Wildman–Crippen MR) is 79.2 cm³/mol. The number of nitrogens with zero attached hydrogens (tertiary/aromatic N) is 1. The van der Waals surface area contributed by atoms with E-state index in [1.807, 2.05) is 12.1 Å². The van der Waals surface area contributed by atoms with E-state index in [1.54, 1.807) is 0 Å². The molecule has 0 fully saturated rings. The zero-order valence-corrected chi connectivity index (χ0v) is 13.8. The van der Waals surface area contributed by atoms with Crippen molar-refractivity contribution in [2.45, 2.75) is 19.8 Å². The Balaban J connectivity index is 0.00000147. The van der Waals surface area contributed by atoms with Crippen LogP contribution in [0.1, 0.15) is 23.9 Å². The summed E-state index contributed by atoms with van der Waals surface area (Å²) in [7, 11) is 0. The topological polar surface area (TPSA) is 12.9 Å². The number of hydrogen-bond donors (Lipinski definition) is 0. The van der Waals surface area contributed by atoms with Crippen LogP contribution in [0.3, 0.4) is 0 Å². The largest absolute Gasteiger partial charge is 0.257 e. The average molecular weight is 439 g/mol. The molecular formula is C18H16IrN-. The molecule has 0 saturated heterocycles. The maximum absolute atomic E-state index is 4.79. The molecule has 20 heavy (non-hydrogen) atoms. The Bertz CT molecular complexity index is 692.